The second-order valence-corrected chi connectivity index (χ2v) is 6.79. The summed E-state index contributed by atoms with van der Waals surface area (Å²) in [5.74, 6) is 0. The quantitative estimate of drug-likeness (QED) is 0.829. The molecule has 0 aromatic carbocycles. The number of nitrogens with one attached hydrogen (secondary N) is 1. The molecule has 0 radical (unpaired) electrons. The molecule has 4 nitrogen and oxygen atoms in total. The molecule has 1 aliphatic rings. The Hall–Kier alpha value is -0.630. The average Bonchev–Trinajstić information content (AvgIpc) is 2.10. The van der Waals surface area contributed by atoms with E-state index in [0.717, 1.165) is 19.6 Å². The summed E-state index contributed by atoms with van der Waals surface area (Å²) in [4.78, 5) is 2.33. The van der Waals surface area contributed by atoms with Gasteiger partial charge in [-0.3, -0.25) is 10.2 Å². The fourth-order valence-corrected chi connectivity index (χ4v) is 2.87. The van der Waals surface area contributed by atoms with Crippen LogP contribution in [0.2, 0.25) is 0 Å². The van der Waals surface area contributed by atoms with E-state index in [1.165, 1.54) is 0 Å². The second-order valence-electron chi connectivity index (χ2n) is 6.79. The largest absolute Gasteiger partial charge is 0.367 e. The Balaban J connectivity index is 2.63. The van der Waals surface area contributed by atoms with Gasteiger partial charge < -0.3 is 4.74 Å². The number of rotatable bonds is 4. The van der Waals surface area contributed by atoms with Crippen LogP contribution in [-0.2, 0) is 4.74 Å². The summed E-state index contributed by atoms with van der Waals surface area (Å²) in [7, 11) is 0. The third-order valence-corrected chi connectivity index (χ3v) is 2.89. The van der Waals surface area contributed by atoms with E-state index in [4.69, 9.17) is 4.74 Å². The van der Waals surface area contributed by atoms with Gasteiger partial charge >= 0.3 is 0 Å². The Labute approximate surface area is 111 Å². The lowest BCUT2D eigenvalue weighted by Crippen LogP contribution is -2.59. The van der Waals surface area contributed by atoms with E-state index in [9.17, 15) is 5.26 Å². The van der Waals surface area contributed by atoms with Crippen molar-refractivity contribution in [2.45, 2.75) is 64.8 Å². The fourth-order valence-electron chi connectivity index (χ4n) is 2.87. The summed E-state index contributed by atoms with van der Waals surface area (Å²) < 4.78 is 6.04. The zero-order chi connectivity index (χ0) is 14.0. The summed E-state index contributed by atoms with van der Waals surface area (Å²) in [6.07, 6.45) is 0. The van der Waals surface area contributed by atoms with Crippen LogP contribution in [0.1, 0.15) is 41.5 Å². The molecule has 1 unspecified atom stereocenters. The van der Waals surface area contributed by atoms with Crippen molar-refractivity contribution in [3.8, 4) is 6.07 Å². The van der Waals surface area contributed by atoms with E-state index >= 15 is 0 Å². The summed E-state index contributed by atoms with van der Waals surface area (Å²) >= 11 is 0. The van der Waals surface area contributed by atoms with E-state index < -0.39 is 0 Å². The maximum atomic E-state index is 9.20. The smallest absolute Gasteiger partial charge is 0.108 e. The summed E-state index contributed by atoms with van der Waals surface area (Å²) in [6, 6.07) is 2.56. The third kappa shape index (κ3) is 4.93. The molecule has 0 bridgehead atoms. The highest BCUT2D eigenvalue weighted by Gasteiger charge is 2.38. The topological polar surface area (TPSA) is 48.3 Å². The lowest BCUT2D eigenvalue weighted by molar-refractivity contribution is -0.180. The van der Waals surface area contributed by atoms with Crippen LogP contribution < -0.4 is 5.32 Å². The van der Waals surface area contributed by atoms with E-state index in [1.54, 1.807) is 0 Å². The van der Waals surface area contributed by atoms with Crippen LogP contribution in [0.5, 0.6) is 0 Å². The average molecular weight is 253 g/mol. The monoisotopic (exact) mass is 253 g/mol. The summed E-state index contributed by atoms with van der Waals surface area (Å²) in [6.45, 7) is 15.1. The molecule has 1 atom stereocenters. The van der Waals surface area contributed by atoms with Crippen molar-refractivity contribution >= 4 is 0 Å². The van der Waals surface area contributed by atoms with Crippen LogP contribution in [-0.4, -0.2) is 47.8 Å². The van der Waals surface area contributed by atoms with Gasteiger partial charge in [0.25, 0.3) is 0 Å². The molecule has 0 saturated carbocycles. The molecule has 18 heavy (non-hydrogen) atoms. The van der Waals surface area contributed by atoms with Crippen molar-refractivity contribution in [2.75, 3.05) is 19.6 Å². The molecule has 1 rings (SSSR count). The minimum atomic E-state index is -0.153. The van der Waals surface area contributed by atoms with Gasteiger partial charge in [-0.25, -0.2) is 0 Å². The molecular formula is C14H27N3O. The maximum absolute atomic E-state index is 9.20. The van der Waals surface area contributed by atoms with Crippen molar-refractivity contribution in [1.82, 2.24) is 10.2 Å². The van der Waals surface area contributed by atoms with Crippen LogP contribution in [0.25, 0.3) is 0 Å². The second kappa shape index (κ2) is 5.56. The van der Waals surface area contributed by atoms with Gasteiger partial charge in [0, 0.05) is 25.7 Å². The number of nitriles is 1. The van der Waals surface area contributed by atoms with Crippen LogP contribution >= 0.6 is 0 Å². The van der Waals surface area contributed by atoms with E-state index in [2.05, 4.69) is 57.8 Å². The third-order valence-electron chi connectivity index (χ3n) is 2.89. The van der Waals surface area contributed by atoms with Crippen LogP contribution in [0, 0.1) is 11.3 Å². The molecule has 0 aliphatic carbocycles. The zero-order valence-corrected chi connectivity index (χ0v) is 12.6. The normalized spacial score (nSPS) is 24.8. The van der Waals surface area contributed by atoms with Crippen molar-refractivity contribution < 1.29 is 4.74 Å². The highest BCUT2D eigenvalue weighted by Crippen LogP contribution is 2.27. The standard InChI is InChI=1S/C14H27N3O/c1-11(2)16-12(7-15)8-17-9-13(3,4)18-14(5,6)10-17/h11-12,16H,8-10H2,1-6H3. The first-order valence-electron chi connectivity index (χ1n) is 6.72. The maximum Gasteiger partial charge on any atom is 0.108 e. The van der Waals surface area contributed by atoms with Crippen molar-refractivity contribution in [3.05, 3.63) is 0 Å². The Morgan fingerprint density at radius 2 is 1.72 bits per heavy atom. The summed E-state index contributed by atoms with van der Waals surface area (Å²) in [5.41, 5.74) is -0.306. The predicted molar refractivity (Wildman–Crippen MR) is 73.4 cm³/mol. The molecule has 0 aromatic rings. The number of hydrogen-bond acceptors (Lipinski definition) is 4. The lowest BCUT2D eigenvalue weighted by atomic mass is 9.98. The van der Waals surface area contributed by atoms with Crippen LogP contribution in [0.4, 0.5) is 0 Å². The molecule has 104 valence electrons. The van der Waals surface area contributed by atoms with E-state index in [1.807, 2.05) is 0 Å². The lowest BCUT2D eigenvalue weighted by Gasteiger charge is -2.47. The Kier molecular flexibility index (Phi) is 4.77. The predicted octanol–water partition coefficient (Wildman–Crippen LogP) is 1.77. The number of morpholine rings is 1. The number of hydrogen-bond donors (Lipinski definition) is 1. The molecular weight excluding hydrogens is 226 g/mol. The molecule has 0 spiro atoms. The van der Waals surface area contributed by atoms with Gasteiger partial charge in [-0.15, -0.1) is 0 Å². The SMILES string of the molecule is CC(C)NC(C#N)CN1CC(C)(C)OC(C)(C)C1. The van der Waals surface area contributed by atoms with Crippen molar-refractivity contribution in [3.63, 3.8) is 0 Å². The number of ether oxygens (including phenoxy) is 1. The van der Waals surface area contributed by atoms with Gasteiger partial charge in [-0.2, -0.15) is 5.26 Å². The van der Waals surface area contributed by atoms with Gasteiger partial charge in [0.15, 0.2) is 0 Å². The van der Waals surface area contributed by atoms with Crippen LogP contribution in [0.3, 0.4) is 0 Å². The first-order chi connectivity index (χ1) is 8.13. The Morgan fingerprint density at radius 3 is 2.11 bits per heavy atom. The fraction of sp³-hybridized carbons (Fsp3) is 0.929. The minimum Gasteiger partial charge on any atom is -0.367 e. The van der Waals surface area contributed by atoms with Gasteiger partial charge in [-0.1, -0.05) is 0 Å². The van der Waals surface area contributed by atoms with Gasteiger partial charge in [-0.05, 0) is 41.5 Å². The molecule has 4 heteroatoms. The Bertz CT molecular complexity index is 301. The first kappa shape index (κ1) is 15.4. The van der Waals surface area contributed by atoms with E-state index in [-0.39, 0.29) is 17.2 Å². The highest BCUT2D eigenvalue weighted by atomic mass is 16.5. The molecule has 1 saturated heterocycles. The zero-order valence-electron chi connectivity index (χ0n) is 12.6. The first-order valence-corrected chi connectivity index (χ1v) is 6.72. The van der Waals surface area contributed by atoms with Crippen molar-refractivity contribution in [2.24, 2.45) is 0 Å². The highest BCUT2D eigenvalue weighted by molar-refractivity contribution is 4.97. The number of nitrogens with zero attached hydrogens (tertiary/aromatic N) is 2. The molecule has 1 heterocycles. The van der Waals surface area contributed by atoms with Crippen molar-refractivity contribution in [1.29, 1.82) is 5.26 Å². The Morgan fingerprint density at radius 1 is 1.22 bits per heavy atom. The van der Waals surface area contributed by atoms with Gasteiger partial charge in [0.2, 0.25) is 0 Å². The molecule has 0 amide bonds. The van der Waals surface area contributed by atoms with Gasteiger partial charge in [0.05, 0.1) is 17.3 Å². The molecule has 0 aromatic heterocycles. The molecule has 1 N–H and O–H groups in total. The van der Waals surface area contributed by atoms with Gasteiger partial charge in [0.1, 0.15) is 6.04 Å². The van der Waals surface area contributed by atoms with Crippen LogP contribution in [0.15, 0.2) is 0 Å². The minimum absolute atomic E-state index is 0.116. The molecule has 1 fully saturated rings. The summed E-state index contributed by atoms with van der Waals surface area (Å²) in [5, 5.41) is 12.5. The van der Waals surface area contributed by atoms with E-state index in [0.29, 0.717) is 6.04 Å². The molecule has 1 aliphatic heterocycles.